The summed E-state index contributed by atoms with van der Waals surface area (Å²) < 4.78 is 20.8. The van der Waals surface area contributed by atoms with E-state index in [-0.39, 0.29) is 29.0 Å². The van der Waals surface area contributed by atoms with Crippen LogP contribution in [0.15, 0.2) is 24.5 Å². The van der Waals surface area contributed by atoms with E-state index >= 15 is 4.39 Å². The van der Waals surface area contributed by atoms with Gasteiger partial charge in [0, 0.05) is 48.5 Å². The van der Waals surface area contributed by atoms with Crippen LogP contribution >= 0.6 is 0 Å². The number of amides is 1. The lowest BCUT2D eigenvalue weighted by Gasteiger charge is -2.25. The number of benzene rings is 1. The van der Waals surface area contributed by atoms with E-state index in [0.29, 0.717) is 48.9 Å². The van der Waals surface area contributed by atoms with Crippen LogP contribution < -0.4 is 16.0 Å². The van der Waals surface area contributed by atoms with Gasteiger partial charge < -0.3 is 20.9 Å². The number of aromatic nitrogens is 2. The molecule has 4 heterocycles. The van der Waals surface area contributed by atoms with Gasteiger partial charge in [0.25, 0.3) is 0 Å². The summed E-state index contributed by atoms with van der Waals surface area (Å²) in [5.41, 5.74) is 9.32. The van der Waals surface area contributed by atoms with Crippen LogP contribution in [0.25, 0.3) is 21.9 Å². The third kappa shape index (κ3) is 3.54. The molecule has 0 spiro atoms. The van der Waals surface area contributed by atoms with E-state index in [1.165, 1.54) is 11.1 Å². The lowest BCUT2D eigenvalue weighted by molar-refractivity contribution is 0.183. The summed E-state index contributed by atoms with van der Waals surface area (Å²) in [5.74, 6) is -0.513. The quantitative estimate of drug-likeness (QED) is 0.501. The van der Waals surface area contributed by atoms with Gasteiger partial charge in [-0.05, 0) is 36.4 Å². The zero-order valence-electron chi connectivity index (χ0n) is 18.5. The van der Waals surface area contributed by atoms with E-state index in [4.69, 9.17) is 10.5 Å². The second-order valence-electron chi connectivity index (χ2n) is 8.62. The first kappa shape index (κ1) is 21.9. The van der Waals surface area contributed by atoms with Crippen molar-refractivity contribution >= 4 is 34.1 Å². The Labute approximate surface area is 195 Å². The third-order valence-corrected chi connectivity index (χ3v) is 6.56. The number of fused-ring (bicyclic) bond motifs is 2. The van der Waals surface area contributed by atoms with Crippen LogP contribution in [0.1, 0.15) is 17.7 Å². The van der Waals surface area contributed by atoms with Crippen molar-refractivity contribution in [3.05, 3.63) is 41.6 Å². The molecular formula is C24H23FN6O3. The number of carboxylic acid groups (broad SMARTS) is 1. The molecule has 2 atom stereocenters. The van der Waals surface area contributed by atoms with Gasteiger partial charge in [0.2, 0.25) is 0 Å². The molecular weight excluding hydrogens is 439 g/mol. The Kier molecular flexibility index (Phi) is 5.42. The Morgan fingerprint density at radius 2 is 2.18 bits per heavy atom. The number of anilines is 3. The van der Waals surface area contributed by atoms with Gasteiger partial charge in [0.1, 0.15) is 5.82 Å². The van der Waals surface area contributed by atoms with E-state index in [1.54, 1.807) is 18.3 Å². The molecule has 3 aromatic rings. The number of carbonyl (C=O) groups is 1. The third-order valence-electron chi connectivity index (χ3n) is 6.56. The largest absolute Gasteiger partial charge is 0.465 e. The lowest BCUT2D eigenvalue weighted by Crippen LogP contribution is -2.40. The molecule has 0 saturated carbocycles. The fourth-order valence-electron chi connectivity index (χ4n) is 4.72. The number of hydrogen-bond acceptors (Lipinski definition) is 7. The number of halogens is 1. The van der Waals surface area contributed by atoms with Gasteiger partial charge in [-0.15, -0.1) is 0 Å². The normalized spacial score (nSPS) is 19.3. The molecule has 10 heteroatoms. The fraction of sp³-hybridized carbons (Fsp3) is 0.333. The minimum absolute atomic E-state index is 0.0627. The molecule has 1 saturated heterocycles. The summed E-state index contributed by atoms with van der Waals surface area (Å²) in [7, 11) is 0. The molecule has 9 nitrogen and oxygen atoms in total. The van der Waals surface area contributed by atoms with Gasteiger partial charge in [-0.1, -0.05) is 0 Å². The highest BCUT2D eigenvalue weighted by Crippen LogP contribution is 2.39. The number of pyridine rings is 2. The van der Waals surface area contributed by atoms with Crippen LogP contribution in [0.2, 0.25) is 0 Å². The molecule has 2 aliphatic rings. The Hall–Kier alpha value is -3.97. The number of hydrogen-bond donors (Lipinski definition) is 3. The summed E-state index contributed by atoms with van der Waals surface area (Å²) in [4.78, 5) is 21.9. The molecule has 34 heavy (non-hydrogen) atoms. The second-order valence-corrected chi connectivity index (χ2v) is 8.62. The van der Waals surface area contributed by atoms with Crippen LogP contribution in [0, 0.1) is 30.0 Å². The molecule has 5 rings (SSSR count). The average Bonchev–Trinajstić information content (AvgIpc) is 3.35. The number of nitrogen functional groups attached to an aromatic ring is 1. The maximum atomic E-state index is 15.4. The Morgan fingerprint density at radius 1 is 1.35 bits per heavy atom. The SMILES string of the molecule is Cc1c(-c2cc3cc(N(C(=O)O)C4CCOC4)ncc3c(N)c2F)cnc2c1NCC(C#N)C2. The first-order valence-electron chi connectivity index (χ1n) is 11.0. The van der Waals surface area contributed by atoms with E-state index in [9.17, 15) is 15.2 Å². The Bertz CT molecular complexity index is 1350. The van der Waals surface area contributed by atoms with Crippen molar-refractivity contribution in [3.63, 3.8) is 0 Å². The van der Waals surface area contributed by atoms with Crippen molar-refractivity contribution in [2.24, 2.45) is 5.92 Å². The summed E-state index contributed by atoms with van der Waals surface area (Å²) in [6, 6.07) is 5.17. The molecule has 1 fully saturated rings. The number of nitrogens with zero attached hydrogens (tertiary/aromatic N) is 4. The van der Waals surface area contributed by atoms with Gasteiger partial charge in [0.05, 0.1) is 41.7 Å². The molecule has 174 valence electrons. The summed E-state index contributed by atoms with van der Waals surface area (Å²) in [5, 5.41) is 23.2. The number of nitrogens with two attached hydrogens (primary N) is 1. The first-order valence-corrected chi connectivity index (χ1v) is 11.0. The molecule has 2 aliphatic heterocycles. The van der Waals surface area contributed by atoms with Crippen LogP contribution in [0.5, 0.6) is 0 Å². The second kappa shape index (κ2) is 8.43. The maximum Gasteiger partial charge on any atom is 0.413 e. The van der Waals surface area contributed by atoms with Crippen LogP contribution in [-0.2, 0) is 11.2 Å². The monoisotopic (exact) mass is 462 g/mol. The van der Waals surface area contributed by atoms with Crippen molar-refractivity contribution in [3.8, 4) is 17.2 Å². The summed E-state index contributed by atoms with van der Waals surface area (Å²) >= 11 is 0. The Morgan fingerprint density at radius 3 is 2.88 bits per heavy atom. The van der Waals surface area contributed by atoms with E-state index in [0.717, 1.165) is 16.9 Å². The molecule has 4 N–H and O–H groups in total. The van der Waals surface area contributed by atoms with Gasteiger partial charge in [-0.2, -0.15) is 5.26 Å². The van der Waals surface area contributed by atoms with Crippen molar-refractivity contribution in [1.82, 2.24) is 9.97 Å². The number of ether oxygens (including phenoxy) is 1. The zero-order chi connectivity index (χ0) is 24.0. The fourth-order valence-corrected chi connectivity index (χ4v) is 4.72. The first-order chi connectivity index (χ1) is 16.4. The van der Waals surface area contributed by atoms with Crippen molar-refractivity contribution in [2.75, 3.05) is 35.7 Å². The summed E-state index contributed by atoms with van der Waals surface area (Å²) in [6.45, 7) is 3.16. The molecule has 0 radical (unpaired) electrons. The zero-order valence-corrected chi connectivity index (χ0v) is 18.5. The van der Waals surface area contributed by atoms with Crippen molar-refractivity contribution < 1.29 is 19.0 Å². The molecule has 1 amide bonds. The van der Waals surface area contributed by atoms with E-state index in [2.05, 4.69) is 21.4 Å². The highest BCUT2D eigenvalue weighted by molar-refractivity contribution is 5.99. The van der Waals surface area contributed by atoms with Gasteiger partial charge >= 0.3 is 6.09 Å². The average molecular weight is 462 g/mol. The maximum absolute atomic E-state index is 15.4. The Balaban J connectivity index is 1.62. The van der Waals surface area contributed by atoms with Gasteiger partial charge in [-0.3, -0.25) is 9.88 Å². The molecule has 2 aromatic heterocycles. The minimum Gasteiger partial charge on any atom is -0.465 e. The lowest BCUT2D eigenvalue weighted by atomic mass is 9.92. The smallest absolute Gasteiger partial charge is 0.413 e. The predicted octanol–water partition coefficient (Wildman–Crippen LogP) is 3.71. The van der Waals surface area contributed by atoms with E-state index < -0.39 is 11.9 Å². The highest BCUT2D eigenvalue weighted by Gasteiger charge is 2.30. The van der Waals surface area contributed by atoms with Crippen LogP contribution in [-0.4, -0.2) is 47.0 Å². The minimum atomic E-state index is -1.13. The molecule has 0 bridgehead atoms. The van der Waals surface area contributed by atoms with Gasteiger partial charge in [-0.25, -0.2) is 14.2 Å². The van der Waals surface area contributed by atoms with Crippen molar-refractivity contribution in [2.45, 2.75) is 25.8 Å². The van der Waals surface area contributed by atoms with Gasteiger partial charge in [0.15, 0.2) is 5.82 Å². The van der Waals surface area contributed by atoms with Crippen LogP contribution in [0.3, 0.4) is 0 Å². The number of nitriles is 1. The predicted molar refractivity (Wildman–Crippen MR) is 125 cm³/mol. The molecule has 1 aromatic carbocycles. The van der Waals surface area contributed by atoms with E-state index in [1.807, 2.05) is 6.92 Å². The standard InChI is InChI=1S/C24H23FN6O3/c1-12-17(9-28-19-4-13(7-26)8-30-23(12)19)16-5-14-6-20(29-10-18(14)22(27)21(16)25)31(24(32)33)15-2-3-34-11-15/h5-6,9-10,13,15,30H,2-4,8,11,27H2,1H3,(H,32,33). The number of rotatable bonds is 3. The molecule has 2 unspecified atom stereocenters. The highest BCUT2D eigenvalue weighted by atomic mass is 19.1. The topological polar surface area (TPSA) is 137 Å². The van der Waals surface area contributed by atoms with Crippen LogP contribution in [0.4, 0.5) is 26.4 Å². The molecule has 0 aliphatic carbocycles. The summed E-state index contributed by atoms with van der Waals surface area (Å²) in [6.07, 6.45) is 2.98. The number of nitrogens with one attached hydrogen (secondary N) is 1. The van der Waals surface area contributed by atoms with Crippen molar-refractivity contribution in [1.29, 1.82) is 5.26 Å².